The number of guanidine groups is 1. The SMILES string of the molecule is CC(NC(N)=NCC(C)(O)c1ccco1)c1ccc(Cl)cc1Cl.I. The standard InChI is InChI=1S/C16H19Cl2N3O2.HI/c1-10(12-6-5-11(17)8-13(12)18)21-15(19)20-9-16(2,22)14-4-3-7-23-14;/h3-8,10,22H,9H2,1-2H3,(H3,19,20,21);1H. The fourth-order valence-corrected chi connectivity index (χ4v) is 2.67. The lowest BCUT2D eigenvalue weighted by Crippen LogP contribution is -2.36. The minimum atomic E-state index is -1.23. The van der Waals surface area contributed by atoms with E-state index < -0.39 is 5.60 Å². The summed E-state index contributed by atoms with van der Waals surface area (Å²) in [5.74, 6) is 0.637. The summed E-state index contributed by atoms with van der Waals surface area (Å²) in [4.78, 5) is 4.17. The van der Waals surface area contributed by atoms with E-state index in [4.69, 9.17) is 33.4 Å². The van der Waals surface area contributed by atoms with Gasteiger partial charge in [0.2, 0.25) is 0 Å². The zero-order valence-electron chi connectivity index (χ0n) is 13.3. The Labute approximate surface area is 168 Å². The number of furan rings is 1. The van der Waals surface area contributed by atoms with Crippen LogP contribution < -0.4 is 11.1 Å². The molecule has 4 N–H and O–H groups in total. The summed E-state index contributed by atoms with van der Waals surface area (Å²) in [6.07, 6.45) is 1.50. The van der Waals surface area contributed by atoms with Crippen LogP contribution in [0.1, 0.15) is 31.2 Å². The molecular formula is C16H20Cl2IN3O2. The van der Waals surface area contributed by atoms with Crippen molar-refractivity contribution in [3.8, 4) is 0 Å². The number of hydrogen-bond donors (Lipinski definition) is 3. The van der Waals surface area contributed by atoms with E-state index in [9.17, 15) is 5.11 Å². The summed E-state index contributed by atoms with van der Waals surface area (Å²) < 4.78 is 5.20. The van der Waals surface area contributed by atoms with Crippen molar-refractivity contribution < 1.29 is 9.52 Å². The molecule has 0 saturated heterocycles. The van der Waals surface area contributed by atoms with Gasteiger partial charge in [0.1, 0.15) is 11.4 Å². The van der Waals surface area contributed by atoms with Gasteiger partial charge in [-0.05, 0) is 43.7 Å². The second-order valence-corrected chi connectivity index (χ2v) is 6.33. The smallest absolute Gasteiger partial charge is 0.189 e. The highest BCUT2D eigenvalue weighted by atomic mass is 127. The van der Waals surface area contributed by atoms with Gasteiger partial charge in [-0.1, -0.05) is 29.3 Å². The first-order chi connectivity index (χ1) is 10.8. The molecule has 0 amide bonds. The second-order valence-electron chi connectivity index (χ2n) is 5.48. The van der Waals surface area contributed by atoms with Crippen LogP contribution in [0.25, 0.3) is 0 Å². The number of nitrogens with one attached hydrogen (secondary N) is 1. The summed E-state index contributed by atoms with van der Waals surface area (Å²) in [6.45, 7) is 3.59. The van der Waals surface area contributed by atoms with Crippen molar-refractivity contribution in [3.05, 3.63) is 58.0 Å². The molecule has 2 atom stereocenters. The van der Waals surface area contributed by atoms with Crippen LogP contribution in [0.4, 0.5) is 0 Å². The van der Waals surface area contributed by atoms with Crippen LogP contribution in [-0.4, -0.2) is 17.6 Å². The molecule has 0 radical (unpaired) electrons. The van der Waals surface area contributed by atoms with Crippen LogP contribution in [0.5, 0.6) is 0 Å². The van der Waals surface area contributed by atoms with Crippen LogP contribution in [0, 0.1) is 0 Å². The van der Waals surface area contributed by atoms with Crippen LogP contribution in [-0.2, 0) is 5.60 Å². The van der Waals surface area contributed by atoms with E-state index in [1.807, 2.05) is 13.0 Å². The Bertz CT molecular complexity index is 691. The molecule has 0 aliphatic heterocycles. The van der Waals surface area contributed by atoms with Gasteiger partial charge in [-0.15, -0.1) is 24.0 Å². The van der Waals surface area contributed by atoms with Gasteiger partial charge in [0.25, 0.3) is 0 Å². The van der Waals surface area contributed by atoms with Gasteiger partial charge in [0.05, 0.1) is 18.8 Å². The summed E-state index contributed by atoms with van der Waals surface area (Å²) >= 11 is 12.1. The molecule has 8 heteroatoms. The van der Waals surface area contributed by atoms with Crippen molar-refractivity contribution in [3.63, 3.8) is 0 Å². The quantitative estimate of drug-likeness (QED) is 0.340. The molecule has 0 aliphatic carbocycles. The number of aliphatic imine (C=N–C) groups is 1. The van der Waals surface area contributed by atoms with Gasteiger partial charge in [-0.2, -0.15) is 0 Å². The molecule has 24 heavy (non-hydrogen) atoms. The molecule has 0 bridgehead atoms. The Kier molecular flexibility index (Phi) is 7.85. The lowest BCUT2D eigenvalue weighted by molar-refractivity contribution is 0.0437. The summed E-state index contributed by atoms with van der Waals surface area (Å²) in [7, 11) is 0. The number of halogens is 3. The molecule has 0 spiro atoms. The van der Waals surface area contributed by atoms with Crippen molar-refractivity contribution in [2.45, 2.75) is 25.5 Å². The highest BCUT2D eigenvalue weighted by Crippen LogP contribution is 2.26. The molecule has 0 aliphatic rings. The molecule has 0 fully saturated rings. The minimum absolute atomic E-state index is 0. The van der Waals surface area contributed by atoms with Crippen LogP contribution in [0.15, 0.2) is 46.0 Å². The largest absolute Gasteiger partial charge is 0.466 e. The maximum absolute atomic E-state index is 10.3. The molecule has 2 unspecified atom stereocenters. The third kappa shape index (κ3) is 5.54. The highest BCUT2D eigenvalue weighted by Gasteiger charge is 2.26. The minimum Gasteiger partial charge on any atom is -0.466 e. The molecule has 0 saturated carbocycles. The monoisotopic (exact) mass is 483 g/mol. The number of nitrogens with two attached hydrogens (primary N) is 1. The molecule has 5 nitrogen and oxygen atoms in total. The van der Waals surface area contributed by atoms with Crippen molar-refractivity contribution in [2.24, 2.45) is 10.7 Å². The third-order valence-corrected chi connectivity index (χ3v) is 3.97. The topological polar surface area (TPSA) is 83.8 Å². The fourth-order valence-electron chi connectivity index (χ4n) is 2.10. The Morgan fingerprint density at radius 1 is 1.42 bits per heavy atom. The second kappa shape index (κ2) is 8.94. The fraction of sp³-hybridized carbons (Fsp3) is 0.312. The van der Waals surface area contributed by atoms with E-state index in [0.29, 0.717) is 15.8 Å². The third-order valence-electron chi connectivity index (χ3n) is 3.40. The van der Waals surface area contributed by atoms with E-state index in [1.165, 1.54) is 6.26 Å². The first kappa shape index (κ1) is 21.1. The van der Waals surface area contributed by atoms with E-state index in [-0.39, 0.29) is 42.5 Å². The molecule has 1 heterocycles. The molecular weight excluding hydrogens is 464 g/mol. The van der Waals surface area contributed by atoms with E-state index in [2.05, 4.69) is 10.3 Å². The Morgan fingerprint density at radius 3 is 2.71 bits per heavy atom. The molecule has 2 aromatic rings. The van der Waals surface area contributed by atoms with Gasteiger partial charge < -0.3 is 20.6 Å². The molecule has 1 aromatic heterocycles. The summed E-state index contributed by atoms with van der Waals surface area (Å²) in [5, 5.41) is 14.5. The Morgan fingerprint density at radius 2 is 2.12 bits per heavy atom. The van der Waals surface area contributed by atoms with Crippen molar-refractivity contribution in [1.82, 2.24) is 5.32 Å². The summed E-state index contributed by atoms with van der Waals surface area (Å²) in [5.41, 5.74) is 5.51. The van der Waals surface area contributed by atoms with Crippen molar-refractivity contribution >= 4 is 53.1 Å². The number of benzene rings is 1. The first-order valence-corrected chi connectivity index (χ1v) is 7.83. The number of nitrogens with zero attached hydrogens (tertiary/aromatic N) is 1. The highest BCUT2D eigenvalue weighted by molar-refractivity contribution is 14.0. The number of aliphatic hydroxyl groups is 1. The van der Waals surface area contributed by atoms with E-state index in [0.717, 1.165) is 5.56 Å². The van der Waals surface area contributed by atoms with E-state index in [1.54, 1.807) is 31.2 Å². The van der Waals surface area contributed by atoms with Crippen molar-refractivity contribution in [1.29, 1.82) is 0 Å². The van der Waals surface area contributed by atoms with Crippen LogP contribution in [0.2, 0.25) is 10.0 Å². The van der Waals surface area contributed by atoms with Crippen molar-refractivity contribution in [2.75, 3.05) is 6.54 Å². The first-order valence-electron chi connectivity index (χ1n) is 7.07. The normalized spacial score (nSPS) is 15.3. The lowest BCUT2D eigenvalue weighted by Gasteiger charge is -2.20. The predicted molar refractivity (Wildman–Crippen MR) is 108 cm³/mol. The van der Waals surface area contributed by atoms with Gasteiger partial charge >= 0.3 is 0 Å². The average Bonchev–Trinajstić information content (AvgIpc) is 3.00. The van der Waals surface area contributed by atoms with E-state index >= 15 is 0 Å². The van der Waals surface area contributed by atoms with Crippen LogP contribution in [0.3, 0.4) is 0 Å². The maximum Gasteiger partial charge on any atom is 0.189 e. The molecule has 1 aromatic carbocycles. The van der Waals surface area contributed by atoms with Gasteiger partial charge in [-0.3, -0.25) is 0 Å². The lowest BCUT2D eigenvalue weighted by atomic mass is 10.0. The van der Waals surface area contributed by atoms with Gasteiger partial charge in [-0.25, -0.2) is 4.99 Å². The maximum atomic E-state index is 10.3. The average molecular weight is 484 g/mol. The van der Waals surface area contributed by atoms with Crippen LogP contribution >= 0.6 is 47.2 Å². The Balaban J connectivity index is 0.00000288. The summed E-state index contributed by atoms with van der Waals surface area (Å²) in [6, 6.07) is 8.50. The number of rotatable bonds is 5. The molecule has 2 rings (SSSR count). The Hall–Kier alpha value is -0.960. The zero-order chi connectivity index (χ0) is 17.0. The van der Waals surface area contributed by atoms with Gasteiger partial charge in [0, 0.05) is 10.0 Å². The van der Waals surface area contributed by atoms with Gasteiger partial charge in [0.15, 0.2) is 5.96 Å². The molecule has 132 valence electrons. The zero-order valence-corrected chi connectivity index (χ0v) is 17.1. The predicted octanol–water partition coefficient (Wildman–Crippen LogP) is 4.08. The number of hydrogen-bond acceptors (Lipinski definition) is 3.